The van der Waals surface area contributed by atoms with Crippen molar-refractivity contribution in [2.75, 3.05) is 25.6 Å². The molecule has 0 aliphatic carbocycles. The maximum Gasteiger partial charge on any atom is 0.219 e. The summed E-state index contributed by atoms with van der Waals surface area (Å²) in [6, 6.07) is 15.2. The van der Waals surface area contributed by atoms with Crippen LogP contribution in [0.25, 0.3) is 0 Å². The Morgan fingerprint density at radius 1 is 1.06 bits per heavy atom. The van der Waals surface area contributed by atoms with Gasteiger partial charge in [-0.2, -0.15) is 0 Å². The minimum absolute atomic E-state index is 0.310. The summed E-state index contributed by atoms with van der Waals surface area (Å²) in [6.45, 7) is 1.82. The maximum absolute atomic E-state index is 13.0. The average molecular weight is 422 g/mol. The largest absolute Gasteiger partial charge is 0.490 e. The Kier molecular flexibility index (Phi) is 6.47. The molecule has 160 valence electrons. The Labute approximate surface area is 179 Å². The van der Waals surface area contributed by atoms with Gasteiger partial charge in [0.2, 0.25) is 5.88 Å². The number of ether oxygens (including phenoxy) is 3. The van der Waals surface area contributed by atoms with E-state index in [2.05, 4.69) is 20.6 Å². The van der Waals surface area contributed by atoms with E-state index in [9.17, 15) is 4.39 Å². The molecule has 1 aliphatic rings. The number of nitrogens with zero attached hydrogens (tertiary/aromatic N) is 2. The Balaban J connectivity index is 1.32. The number of hydrogen-bond donors (Lipinski definition) is 2. The molecule has 0 amide bonds. The molecular weight excluding hydrogens is 399 g/mol. The third-order valence-corrected chi connectivity index (χ3v) is 4.53. The lowest BCUT2D eigenvalue weighted by molar-refractivity contribution is 0.297. The van der Waals surface area contributed by atoms with Crippen LogP contribution in [0.2, 0.25) is 0 Å². The van der Waals surface area contributed by atoms with Crippen LogP contribution < -0.4 is 24.8 Å². The first kappa shape index (κ1) is 20.5. The Morgan fingerprint density at radius 3 is 2.61 bits per heavy atom. The summed E-state index contributed by atoms with van der Waals surface area (Å²) in [5.74, 6) is 2.74. The van der Waals surface area contributed by atoms with E-state index in [0.717, 1.165) is 29.2 Å². The first-order valence-corrected chi connectivity index (χ1v) is 9.95. The number of halogens is 1. The van der Waals surface area contributed by atoms with Gasteiger partial charge in [0.05, 0.1) is 13.2 Å². The van der Waals surface area contributed by atoms with Crippen LogP contribution in [-0.4, -0.2) is 31.2 Å². The average Bonchev–Trinajstić information content (AvgIpc) is 3.04. The number of rotatable bonds is 5. The van der Waals surface area contributed by atoms with Gasteiger partial charge in [0.1, 0.15) is 11.6 Å². The summed E-state index contributed by atoms with van der Waals surface area (Å²) >= 11 is 0. The highest BCUT2D eigenvalue weighted by molar-refractivity contribution is 5.93. The van der Waals surface area contributed by atoms with Crippen LogP contribution in [0, 0.1) is 5.82 Å². The molecule has 0 fully saturated rings. The molecule has 0 bridgehead atoms. The molecule has 7 nitrogen and oxygen atoms in total. The minimum Gasteiger partial charge on any atom is -0.490 e. The molecule has 0 radical (unpaired) electrons. The summed E-state index contributed by atoms with van der Waals surface area (Å²) < 4.78 is 30.0. The van der Waals surface area contributed by atoms with Crippen molar-refractivity contribution in [3.8, 4) is 23.1 Å². The molecule has 0 spiro atoms. The molecule has 2 aromatic carbocycles. The monoisotopic (exact) mass is 422 g/mol. The normalized spacial score (nSPS) is 13.3. The number of benzene rings is 2. The Bertz CT molecular complexity index is 1040. The van der Waals surface area contributed by atoms with Gasteiger partial charge in [-0.25, -0.2) is 9.37 Å². The van der Waals surface area contributed by atoms with Gasteiger partial charge >= 0.3 is 0 Å². The fourth-order valence-electron chi connectivity index (χ4n) is 2.94. The van der Waals surface area contributed by atoms with Crippen molar-refractivity contribution in [3.05, 3.63) is 72.2 Å². The van der Waals surface area contributed by atoms with Gasteiger partial charge in [0.15, 0.2) is 17.5 Å². The standard InChI is InChI=1S/C23H23FN4O3/c1-25-23(28-18-6-9-20-21(13-18)30-12-2-11-29-20)27-15-16-3-10-22(26-14-16)31-19-7-4-17(24)5-8-19/h3-10,13-14H,2,11-12,15H2,1H3,(H2,25,27,28). The van der Waals surface area contributed by atoms with Gasteiger partial charge < -0.3 is 24.8 Å². The van der Waals surface area contributed by atoms with Gasteiger partial charge in [-0.05, 0) is 42.0 Å². The third kappa shape index (κ3) is 5.63. The lowest BCUT2D eigenvalue weighted by Crippen LogP contribution is -2.30. The fraction of sp³-hybridized carbons (Fsp3) is 0.217. The van der Waals surface area contributed by atoms with Crippen LogP contribution in [0.5, 0.6) is 23.1 Å². The van der Waals surface area contributed by atoms with E-state index in [1.807, 2.05) is 24.3 Å². The van der Waals surface area contributed by atoms with Crippen molar-refractivity contribution in [3.63, 3.8) is 0 Å². The fourth-order valence-corrected chi connectivity index (χ4v) is 2.94. The van der Waals surface area contributed by atoms with E-state index in [1.54, 1.807) is 31.4 Å². The van der Waals surface area contributed by atoms with E-state index in [-0.39, 0.29) is 5.82 Å². The van der Waals surface area contributed by atoms with Crippen LogP contribution in [0.3, 0.4) is 0 Å². The molecule has 0 saturated carbocycles. The van der Waals surface area contributed by atoms with Gasteiger partial charge in [0, 0.05) is 44.0 Å². The smallest absolute Gasteiger partial charge is 0.219 e. The first-order chi connectivity index (χ1) is 15.2. The number of pyridine rings is 1. The molecule has 2 N–H and O–H groups in total. The van der Waals surface area contributed by atoms with Crippen molar-refractivity contribution < 1.29 is 18.6 Å². The zero-order valence-electron chi connectivity index (χ0n) is 17.1. The lowest BCUT2D eigenvalue weighted by atomic mass is 10.2. The van der Waals surface area contributed by atoms with Crippen molar-refractivity contribution in [2.45, 2.75) is 13.0 Å². The second-order valence-corrected chi connectivity index (χ2v) is 6.82. The zero-order chi connectivity index (χ0) is 21.5. The van der Waals surface area contributed by atoms with E-state index < -0.39 is 0 Å². The lowest BCUT2D eigenvalue weighted by Gasteiger charge is -2.14. The van der Waals surface area contributed by atoms with Crippen LogP contribution in [0.1, 0.15) is 12.0 Å². The highest BCUT2D eigenvalue weighted by atomic mass is 19.1. The number of fused-ring (bicyclic) bond motifs is 1. The third-order valence-electron chi connectivity index (χ3n) is 4.53. The van der Waals surface area contributed by atoms with E-state index in [4.69, 9.17) is 14.2 Å². The zero-order valence-corrected chi connectivity index (χ0v) is 17.1. The van der Waals surface area contributed by atoms with Crippen molar-refractivity contribution >= 4 is 11.6 Å². The topological polar surface area (TPSA) is 77.0 Å². The van der Waals surface area contributed by atoms with Crippen molar-refractivity contribution in [1.82, 2.24) is 10.3 Å². The van der Waals surface area contributed by atoms with E-state index in [0.29, 0.717) is 37.3 Å². The molecule has 1 aliphatic heterocycles. The van der Waals surface area contributed by atoms with Crippen LogP contribution >= 0.6 is 0 Å². The summed E-state index contributed by atoms with van der Waals surface area (Å²) in [5, 5.41) is 6.49. The summed E-state index contributed by atoms with van der Waals surface area (Å²) in [6.07, 6.45) is 2.58. The molecule has 3 aromatic rings. The maximum atomic E-state index is 13.0. The quantitative estimate of drug-likeness (QED) is 0.470. The Morgan fingerprint density at radius 2 is 1.87 bits per heavy atom. The number of guanidine groups is 1. The summed E-state index contributed by atoms with van der Waals surface area (Å²) in [4.78, 5) is 8.55. The van der Waals surface area contributed by atoms with E-state index >= 15 is 0 Å². The molecule has 0 atom stereocenters. The van der Waals surface area contributed by atoms with Crippen molar-refractivity contribution in [1.29, 1.82) is 0 Å². The second kappa shape index (κ2) is 9.80. The first-order valence-electron chi connectivity index (χ1n) is 9.95. The molecule has 0 unspecified atom stereocenters. The predicted molar refractivity (Wildman–Crippen MR) is 117 cm³/mol. The highest BCUT2D eigenvalue weighted by Crippen LogP contribution is 2.32. The molecular formula is C23H23FN4O3. The molecule has 1 aromatic heterocycles. The molecule has 31 heavy (non-hydrogen) atoms. The van der Waals surface area contributed by atoms with E-state index in [1.165, 1.54) is 12.1 Å². The number of aromatic nitrogens is 1. The van der Waals surface area contributed by atoms with Gasteiger partial charge in [0.25, 0.3) is 0 Å². The molecule has 8 heteroatoms. The second-order valence-electron chi connectivity index (χ2n) is 6.82. The molecule has 0 saturated heterocycles. The SMILES string of the molecule is CN=C(NCc1ccc(Oc2ccc(F)cc2)nc1)Nc1ccc2c(c1)OCCCO2. The van der Waals surface area contributed by atoms with Crippen molar-refractivity contribution in [2.24, 2.45) is 4.99 Å². The van der Waals surface area contributed by atoms with Gasteiger partial charge in [-0.1, -0.05) is 6.07 Å². The number of hydrogen-bond acceptors (Lipinski definition) is 5. The summed E-state index contributed by atoms with van der Waals surface area (Å²) in [5.41, 5.74) is 1.80. The number of nitrogens with one attached hydrogen (secondary N) is 2. The highest BCUT2D eigenvalue weighted by Gasteiger charge is 2.11. The summed E-state index contributed by atoms with van der Waals surface area (Å²) in [7, 11) is 1.70. The predicted octanol–water partition coefficient (Wildman–Crippen LogP) is 4.36. The minimum atomic E-state index is -0.310. The number of anilines is 1. The molecule has 2 heterocycles. The van der Waals surface area contributed by atoms with Crippen LogP contribution in [-0.2, 0) is 6.54 Å². The Hall–Kier alpha value is -3.81. The van der Waals surface area contributed by atoms with Gasteiger partial charge in [-0.15, -0.1) is 0 Å². The number of aliphatic imine (C=N–C) groups is 1. The van der Waals surface area contributed by atoms with Gasteiger partial charge in [-0.3, -0.25) is 4.99 Å². The van der Waals surface area contributed by atoms with Crippen LogP contribution in [0.15, 0.2) is 65.8 Å². The van der Waals surface area contributed by atoms with Crippen LogP contribution in [0.4, 0.5) is 10.1 Å². The molecule has 4 rings (SSSR count).